The standard InChI is InChI=1S/C6H11NO/c7-4-2-1-3-5-6(4)8-5/h4-6H,1-3,7H2/t4-,5-,6+/m0/s1. The Balaban J connectivity index is 1.99. The summed E-state index contributed by atoms with van der Waals surface area (Å²) < 4.78 is 5.27. The van der Waals surface area contributed by atoms with Crippen molar-refractivity contribution in [2.75, 3.05) is 0 Å². The van der Waals surface area contributed by atoms with Gasteiger partial charge in [0.15, 0.2) is 0 Å². The molecule has 2 N–H and O–H groups in total. The molecule has 46 valence electrons. The van der Waals surface area contributed by atoms with E-state index in [1.807, 2.05) is 0 Å². The highest BCUT2D eigenvalue weighted by atomic mass is 16.6. The first-order chi connectivity index (χ1) is 3.88. The third-order valence-corrected chi connectivity index (χ3v) is 2.07. The Hall–Kier alpha value is -0.0800. The molecule has 0 aromatic rings. The van der Waals surface area contributed by atoms with Gasteiger partial charge in [0.1, 0.15) is 0 Å². The van der Waals surface area contributed by atoms with Crippen molar-refractivity contribution < 1.29 is 4.74 Å². The molecule has 2 aliphatic rings. The fraction of sp³-hybridized carbons (Fsp3) is 1.00. The predicted molar refractivity (Wildman–Crippen MR) is 30.5 cm³/mol. The zero-order valence-electron chi connectivity index (χ0n) is 4.84. The first kappa shape index (κ1) is 4.77. The Bertz CT molecular complexity index is 105. The second kappa shape index (κ2) is 1.45. The van der Waals surface area contributed by atoms with Gasteiger partial charge in [-0.15, -0.1) is 0 Å². The third-order valence-electron chi connectivity index (χ3n) is 2.07. The van der Waals surface area contributed by atoms with Crippen LogP contribution in [0.25, 0.3) is 0 Å². The molecule has 0 radical (unpaired) electrons. The molecule has 1 saturated heterocycles. The maximum atomic E-state index is 5.69. The highest BCUT2D eigenvalue weighted by Gasteiger charge is 2.45. The van der Waals surface area contributed by atoms with Gasteiger partial charge in [-0.25, -0.2) is 0 Å². The van der Waals surface area contributed by atoms with E-state index in [1.54, 1.807) is 0 Å². The molecule has 3 atom stereocenters. The van der Waals surface area contributed by atoms with Crippen LogP contribution in [0, 0.1) is 0 Å². The maximum Gasteiger partial charge on any atom is 0.0992 e. The van der Waals surface area contributed by atoms with Gasteiger partial charge in [0.05, 0.1) is 12.2 Å². The van der Waals surface area contributed by atoms with Crippen molar-refractivity contribution in [2.24, 2.45) is 5.73 Å². The second-order valence-corrected chi connectivity index (χ2v) is 2.73. The summed E-state index contributed by atoms with van der Waals surface area (Å²) in [7, 11) is 0. The van der Waals surface area contributed by atoms with E-state index in [9.17, 15) is 0 Å². The molecule has 2 nitrogen and oxygen atoms in total. The minimum atomic E-state index is 0.355. The molecule has 2 rings (SSSR count). The van der Waals surface area contributed by atoms with Crippen molar-refractivity contribution in [2.45, 2.75) is 37.5 Å². The number of fused-ring (bicyclic) bond motifs is 1. The lowest BCUT2D eigenvalue weighted by Gasteiger charge is -2.11. The third kappa shape index (κ3) is 0.565. The van der Waals surface area contributed by atoms with Crippen molar-refractivity contribution in [3.05, 3.63) is 0 Å². The summed E-state index contributed by atoms with van der Waals surface area (Å²) in [6.07, 6.45) is 4.68. The maximum absolute atomic E-state index is 5.69. The number of nitrogens with two attached hydrogens (primary N) is 1. The number of hydrogen-bond acceptors (Lipinski definition) is 2. The van der Waals surface area contributed by atoms with Gasteiger partial charge in [0.25, 0.3) is 0 Å². The van der Waals surface area contributed by atoms with Gasteiger partial charge in [0, 0.05) is 6.04 Å². The van der Waals surface area contributed by atoms with Crippen LogP contribution in [-0.4, -0.2) is 18.2 Å². The molecule has 2 fully saturated rings. The van der Waals surface area contributed by atoms with Crippen LogP contribution < -0.4 is 5.73 Å². The largest absolute Gasteiger partial charge is 0.368 e. The molecule has 8 heavy (non-hydrogen) atoms. The molecule has 0 aromatic heterocycles. The number of rotatable bonds is 0. The minimum absolute atomic E-state index is 0.355. The van der Waals surface area contributed by atoms with Gasteiger partial charge in [-0.05, 0) is 19.3 Å². The highest BCUT2D eigenvalue weighted by molar-refractivity contribution is 4.96. The average Bonchev–Trinajstić information content (AvgIpc) is 2.45. The molecule has 0 spiro atoms. The van der Waals surface area contributed by atoms with Gasteiger partial charge in [-0.3, -0.25) is 0 Å². The number of hydrogen-bond donors (Lipinski definition) is 1. The van der Waals surface area contributed by atoms with Gasteiger partial charge in [-0.1, -0.05) is 0 Å². The quantitative estimate of drug-likeness (QED) is 0.458. The van der Waals surface area contributed by atoms with Crippen molar-refractivity contribution in [1.82, 2.24) is 0 Å². The molecule has 0 aromatic carbocycles. The molecule has 1 heterocycles. The molecule has 0 amide bonds. The second-order valence-electron chi connectivity index (χ2n) is 2.73. The van der Waals surface area contributed by atoms with E-state index in [0.29, 0.717) is 18.2 Å². The van der Waals surface area contributed by atoms with Crippen molar-refractivity contribution >= 4 is 0 Å². The van der Waals surface area contributed by atoms with Gasteiger partial charge in [0.2, 0.25) is 0 Å². The average molecular weight is 113 g/mol. The number of epoxide rings is 1. The Morgan fingerprint density at radius 1 is 1.38 bits per heavy atom. The molecule has 0 unspecified atom stereocenters. The van der Waals surface area contributed by atoms with Crippen LogP contribution in [-0.2, 0) is 4.74 Å². The Kier molecular flexibility index (Phi) is 0.866. The van der Waals surface area contributed by atoms with Crippen LogP contribution in [0.3, 0.4) is 0 Å². The van der Waals surface area contributed by atoms with E-state index in [0.717, 1.165) is 0 Å². The predicted octanol–water partition coefficient (Wildman–Crippen LogP) is 0.265. The lowest BCUT2D eigenvalue weighted by molar-refractivity contribution is 0.359. The summed E-state index contributed by atoms with van der Waals surface area (Å²) in [5.74, 6) is 0. The molecule has 1 aliphatic carbocycles. The summed E-state index contributed by atoms with van der Waals surface area (Å²) in [5, 5.41) is 0. The van der Waals surface area contributed by atoms with Crippen LogP contribution in [0.5, 0.6) is 0 Å². The fourth-order valence-corrected chi connectivity index (χ4v) is 1.48. The van der Waals surface area contributed by atoms with Crippen LogP contribution >= 0.6 is 0 Å². The summed E-state index contributed by atoms with van der Waals surface area (Å²) in [5.41, 5.74) is 5.69. The highest BCUT2D eigenvalue weighted by Crippen LogP contribution is 2.35. The molecule has 0 bridgehead atoms. The van der Waals surface area contributed by atoms with E-state index in [1.165, 1.54) is 19.3 Å². The zero-order valence-corrected chi connectivity index (χ0v) is 4.84. The minimum Gasteiger partial charge on any atom is -0.368 e. The van der Waals surface area contributed by atoms with Gasteiger partial charge in [-0.2, -0.15) is 0 Å². The van der Waals surface area contributed by atoms with Crippen molar-refractivity contribution in [1.29, 1.82) is 0 Å². The molecule has 2 heteroatoms. The van der Waals surface area contributed by atoms with Crippen LogP contribution in [0.15, 0.2) is 0 Å². The van der Waals surface area contributed by atoms with E-state index < -0.39 is 0 Å². The SMILES string of the molecule is N[C@H]1CCC[C@@H]2O[C@@H]21. The van der Waals surface area contributed by atoms with E-state index in [-0.39, 0.29) is 0 Å². The summed E-state index contributed by atoms with van der Waals surface area (Å²) in [6.45, 7) is 0. The van der Waals surface area contributed by atoms with E-state index >= 15 is 0 Å². The zero-order chi connectivity index (χ0) is 5.56. The normalized spacial score (nSPS) is 52.9. The first-order valence-electron chi connectivity index (χ1n) is 3.29. The lowest BCUT2D eigenvalue weighted by Crippen LogP contribution is -2.30. The van der Waals surface area contributed by atoms with Crippen molar-refractivity contribution in [3.63, 3.8) is 0 Å². The Labute approximate surface area is 49.0 Å². The number of ether oxygens (including phenoxy) is 1. The fourth-order valence-electron chi connectivity index (χ4n) is 1.48. The van der Waals surface area contributed by atoms with Crippen LogP contribution in [0.1, 0.15) is 19.3 Å². The van der Waals surface area contributed by atoms with Crippen LogP contribution in [0.4, 0.5) is 0 Å². The topological polar surface area (TPSA) is 38.5 Å². The summed E-state index contributed by atoms with van der Waals surface area (Å²) >= 11 is 0. The first-order valence-corrected chi connectivity index (χ1v) is 3.29. The Morgan fingerprint density at radius 2 is 2.25 bits per heavy atom. The lowest BCUT2D eigenvalue weighted by atomic mass is 9.97. The molecular weight excluding hydrogens is 102 g/mol. The van der Waals surface area contributed by atoms with E-state index in [2.05, 4.69) is 0 Å². The Morgan fingerprint density at radius 3 is 2.88 bits per heavy atom. The van der Waals surface area contributed by atoms with E-state index in [4.69, 9.17) is 10.5 Å². The summed E-state index contributed by atoms with van der Waals surface area (Å²) in [6, 6.07) is 0.355. The van der Waals surface area contributed by atoms with Gasteiger partial charge < -0.3 is 10.5 Å². The van der Waals surface area contributed by atoms with Crippen molar-refractivity contribution in [3.8, 4) is 0 Å². The summed E-state index contributed by atoms with van der Waals surface area (Å²) in [4.78, 5) is 0. The smallest absolute Gasteiger partial charge is 0.0992 e. The molecule has 1 aliphatic heterocycles. The molecular formula is C6H11NO. The van der Waals surface area contributed by atoms with Crippen LogP contribution in [0.2, 0.25) is 0 Å². The van der Waals surface area contributed by atoms with Gasteiger partial charge >= 0.3 is 0 Å². The molecule has 1 saturated carbocycles. The monoisotopic (exact) mass is 113 g/mol.